The van der Waals surface area contributed by atoms with Gasteiger partial charge in [0.1, 0.15) is 0 Å². The lowest BCUT2D eigenvalue weighted by Crippen LogP contribution is -2.44. The summed E-state index contributed by atoms with van der Waals surface area (Å²) in [6.07, 6.45) is -0.402. The molecule has 0 saturated carbocycles. The third-order valence-corrected chi connectivity index (χ3v) is 2.97. The minimum atomic E-state index is -0.873. The Morgan fingerprint density at radius 3 is 2.89 bits per heavy atom. The zero-order valence-electron chi connectivity index (χ0n) is 10.1. The maximum Gasteiger partial charge on any atom is 0.414 e. The normalized spacial score (nSPS) is 19.5. The van der Waals surface area contributed by atoms with Gasteiger partial charge in [-0.05, 0) is 18.6 Å². The third kappa shape index (κ3) is 2.61. The van der Waals surface area contributed by atoms with Gasteiger partial charge in [0.25, 0.3) is 0 Å². The highest BCUT2D eigenvalue weighted by Gasteiger charge is 2.30. The maximum atomic E-state index is 11.7. The number of aryl methyl sites for hydroxylation is 1. The van der Waals surface area contributed by atoms with Crippen molar-refractivity contribution in [2.24, 2.45) is 5.92 Å². The Morgan fingerprint density at radius 1 is 1.50 bits per heavy atom. The Hall–Kier alpha value is -2.04. The van der Waals surface area contributed by atoms with Gasteiger partial charge in [-0.2, -0.15) is 0 Å². The highest BCUT2D eigenvalue weighted by molar-refractivity contribution is 5.89. The highest BCUT2D eigenvalue weighted by atomic mass is 16.6. The molecule has 1 aromatic rings. The van der Waals surface area contributed by atoms with Crippen molar-refractivity contribution in [1.82, 2.24) is 0 Å². The molecular formula is C13H15NO4. The van der Waals surface area contributed by atoms with Crippen LogP contribution in [0.25, 0.3) is 0 Å². The molecule has 0 spiro atoms. The molecule has 2 rings (SSSR count). The van der Waals surface area contributed by atoms with E-state index in [4.69, 9.17) is 9.84 Å². The zero-order chi connectivity index (χ0) is 13.1. The number of carbonyl (C=O) groups excluding carboxylic acids is 1. The maximum absolute atomic E-state index is 11.7. The van der Waals surface area contributed by atoms with E-state index in [0.29, 0.717) is 6.54 Å². The Balaban J connectivity index is 2.18. The molecule has 0 bridgehead atoms. The van der Waals surface area contributed by atoms with Gasteiger partial charge in [-0.15, -0.1) is 0 Å². The van der Waals surface area contributed by atoms with E-state index in [2.05, 4.69) is 0 Å². The Bertz CT molecular complexity index is 472. The number of ether oxygens (including phenoxy) is 1. The lowest BCUT2D eigenvalue weighted by molar-refractivity contribution is -0.138. The summed E-state index contributed by atoms with van der Waals surface area (Å²) in [6.45, 7) is 2.47. The fourth-order valence-electron chi connectivity index (χ4n) is 2.09. The summed E-state index contributed by atoms with van der Waals surface area (Å²) < 4.78 is 5.04. The smallest absolute Gasteiger partial charge is 0.414 e. The molecule has 0 aliphatic carbocycles. The van der Waals surface area contributed by atoms with Crippen LogP contribution in [0.15, 0.2) is 24.3 Å². The largest absolute Gasteiger partial charge is 0.481 e. The zero-order valence-corrected chi connectivity index (χ0v) is 10.1. The second kappa shape index (κ2) is 5.08. The first-order chi connectivity index (χ1) is 8.58. The van der Waals surface area contributed by atoms with Crippen LogP contribution in [0.4, 0.5) is 10.5 Å². The van der Waals surface area contributed by atoms with E-state index in [1.54, 1.807) is 0 Å². The summed E-state index contributed by atoms with van der Waals surface area (Å²) >= 11 is 0. The number of hydrogen-bond donors (Lipinski definition) is 1. The van der Waals surface area contributed by atoms with Gasteiger partial charge in [-0.1, -0.05) is 18.2 Å². The first-order valence-electron chi connectivity index (χ1n) is 5.79. The van der Waals surface area contributed by atoms with Crippen LogP contribution < -0.4 is 4.90 Å². The number of para-hydroxylation sites is 1. The van der Waals surface area contributed by atoms with Gasteiger partial charge in [-0.3, -0.25) is 9.69 Å². The number of cyclic esters (lactones) is 1. The van der Waals surface area contributed by atoms with Crippen LogP contribution in [0.5, 0.6) is 0 Å². The predicted octanol–water partition coefficient (Wildman–Crippen LogP) is 2.04. The molecular weight excluding hydrogens is 234 g/mol. The summed E-state index contributed by atoms with van der Waals surface area (Å²) in [5.41, 5.74) is 1.74. The summed E-state index contributed by atoms with van der Waals surface area (Å²) in [5, 5.41) is 8.78. The number of rotatable bonds is 3. The summed E-state index contributed by atoms with van der Waals surface area (Å²) in [4.78, 5) is 23.9. The van der Waals surface area contributed by atoms with Crippen molar-refractivity contribution in [3.05, 3.63) is 29.8 Å². The van der Waals surface area contributed by atoms with Gasteiger partial charge >= 0.3 is 12.1 Å². The summed E-state index contributed by atoms with van der Waals surface area (Å²) in [6, 6.07) is 7.47. The van der Waals surface area contributed by atoms with Crippen LogP contribution >= 0.6 is 0 Å². The number of nitrogens with zero attached hydrogens (tertiary/aromatic N) is 1. The van der Waals surface area contributed by atoms with Crippen LogP contribution in [0, 0.1) is 12.8 Å². The molecule has 0 radical (unpaired) electrons. The first-order valence-corrected chi connectivity index (χ1v) is 5.79. The number of carboxylic acids is 1. The van der Waals surface area contributed by atoms with Crippen LogP contribution in [0.1, 0.15) is 12.0 Å². The molecule has 1 fully saturated rings. The van der Waals surface area contributed by atoms with Gasteiger partial charge in [0.2, 0.25) is 0 Å². The van der Waals surface area contributed by atoms with Gasteiger partial charge in [-0.25, -0.2) is 4.79 Å². The molecule has 0 aromatic heterocycles. The molecule has 1 heterocycles. The fourth-order valence-corrected chi connectivity index (χ4v) is 2.09. The molecule has 1 aliphatic heterocycles. The van der Waals surface area contributed by atoms with Gasteiger partial charge in [0, 0.05) is 18.2 Å². The van der Waals surface area contributed by atoms with Crippen molar-refractivity contribution in [2.45, 2.75) is 13.3 Å². The van der Waals surface area contributed by atoms with E-state index < -0.39 is 12.1 Å². The molecule has 1 aliphatic rings. The number of carboxylic acid groups (broad SMARTS) is 1. The monoisotopic (exact) mass is 249 g/mol. The molecule has 18 heavy (non-hydrogen) atoms. The SMILES string of the molecule is Cc1ccccc1N1CC(CC(=O)O)COC1=O. The second-order valence-corrected chi connectivity index (χ2v) is 4.44. The fraction of sp³-hybridized carbons (Fsp3) is 0.385. The molecule has 1 atom stereocenters. The van der Waals surface area contributed by atoms with Crippen LogP contribution in [0.2, 0.25) is 0 Å². The summed E-state index contributed by atoms with van der Waals surface area (Å²) in [7, 11) is 0. The molecule has 5 nitrogen and oxygen atoms in total. The van der Waals surface area contributed by atoms with Gasteiger partial charge in [0.15, 0.2) is 0 Å². The van der Waals surface area contributed by atoms with Crippen molar-refractivity contribution >= 4 is 17.7 Å². The van der Waals surface area contributed by atoms with E-state index in [1.807, 2.05) is 31.2 Å². The minimum Gasteiger partial charge on any atom is -0.481 e. The first kappa shape index (κ1) is 12.4. The number of anilines is 1. The van der Waals surface area contributed by atoms with Crippen molar-refractivity contribution < 1.29 is 19.4 Å². The molecule has 1 N–H and O–H groups in total. The number of amides is 1. The molecule has 1 amide bonds. The van der Waals surface area contributed by atoms with E-state index in [0.717, 1.165) is 11.3 Å². The molecule has 5 heteroatoms. The van der Waals surface area contributed by atoms with E-state index in [9.17, 15) is 9.59 Å². The average molecular weight is 249 g/mol. The van der Waals surface area contributed by atoms with Crippen molar-refractivity contribution in [1.29, 1.82) is 0 Å². The second-order valence-electron chi connectivity index (χ2n) is 4.44. The Kier molecular flexibility index (Phi) is 3.50. The molecule has 1 aromatic carbocycles. The van der Waals surface area contributed by atoms with Crippen molar-refractivity contribution in [3.63, 3.8) is 0 Å². The van der Waals surface area contributed by atoms with Crippen molar-refractivity contribution in [2.75, 3.05) is 18.1 Å². The van der Waals surface area contributed by atoms with Crippen LogP contribution in [0.3, 0.4) is 0 Å². The average Bonchev–Trinajstić information content (AvgIpc) is 2.32. The Morgan fingerprint density at radius 2 is 2.22 bits per heavy atom. The Labute approximate surface area is 105 Å². The quantitative estimate of drug-likeness (QED) is 0.890. The highest BCUT2D eigenvalue weighted by Crippen LogP contribution is 2.25. The third-order valence-electron chi connectivity index (χ3n) is 2.97. The van der Waals surface area contributed by atoms with E-state index in [1.165, 1.54) is 4.90 Å². The lowest BCUT2D eigenvalue weighted by atomic mass is 10.0. The topological polar surface area (TPSA) is 66.8 Å². The number of benzene rings is 1. The van der Waals surface area contributed by atoms with Gasteiger partial charge < -0.3 is 9.84 Å². The number of aliphatic carboxylic acids is 1. The molecule has 1 unspecified atom stereocenters. The van der Waals surface area contributed by atoms with Crippen LogP contribution in [-0.2, 0) is 9.53 Å². The van der Waals surface area contributed by atoms with Crippen molar-refractivity contribution in [3.8, 4) is 0 Å². The standard InChI is InChI=1S/C13H15NO4/c1-9-4-2-3-5-11(9)14-7-10(6-12(15)16)8-18-13(14)17/h2-5,10H,6-8H2,1H3,(H,15,16). The van der Waals surface area contributed by atoms with E-state index in [-0.39, 0.29) is 18.9 Å². The summed E-state index contributed by atoms with van der Waals surface area (Å²) in [5.74, 6) is -1.04. The predicted molar refractivity (Wildman–Crippen MR) is 65.6 cm³/mol. The number of hydrogen-bond acceptors (Lipinski definition) is 3. The molecule has 96 valence electrons. The van der Waals surface area contributed by atoms with E-state index >= 15 is 0 Å². The van der Waals surface area contributed by atoms with Crippen LogP contribution in [-0.4, -0.2) is 30.3 Å². The minimum absolute atomic E-state index is 0.00958. The molecule has 1 saturated heterocycles. The number of carbonyl (C=O) groups is 2. The lowest BCUT2D eigenvalue weighted by Gasteiger charge is -2.32. The van der Waals surface area contributed by atoms with Gasteiger partial charge in [0.05, 0.1) is 13.0 Å².